The van der Waals surface area contributed by atoms with Crippen molar-refractivity contribution < 1.29 is 9.53 Å². The number of nitrogens with zero attached hydrogens (tertiary/aromatic N) is 1. The molecule has 0 aliphatic carbocycles. The van der Waals surface area contributed by atoms with Crippen molar-refractivity contribution in [1.82, 2.24) is 4.98 Å². The number of carbonyl (C=O) groups excluding carboxylic acids is 1. The zero-order valence-electron chi connectivity index (χ0n) is 9.06. The molecule has 0 bridgehead atoms. The quantitative estimate of drug-likeness (QED) is 0.838. The van der Waals surface area contributed by atoms with E-state index in [1.807, 2.05) is 11.8 Å². The van der Waals surface area contributed by atoms with Crippen LogP contribution in [0.4, 0.5) is 5.13 Å². The first kappa shape index (κ1) is 11.7. The van der Waals surface area contributed by atoms with E-state index in [1.165, 1.54) is 36.4 Å². The molecule has 16 heavy (non-hydrogen) atoms. The van der Waals surface area contributed by atoms with E-state index in [9.17, 15) is 4.79 Å². The maximum atomic E-state index is 11.2. The van der Waals surface area contributed by atoms with Crippen LogP contribution in [0.3, 0.4) is 0 Å². The van der Waals surface area contributed by atoms with Crippen molar-refractivity contribution in [1.29, 1.82) is 0 Å². The minimum absolute atomic E-state index is 0.374. The molecular weight excluding hydrogens is 244 g/mol. The van der Waals surface area contributed by atoms with E-state index in [2.05, 4.69) is 15.0 Å². The van der Waals surface area contributed by atoms with Crippen LogP contribution in [0.1, 0.15) is 16.9 Å². The summed E-state index contributed by atoms with van der Waals surface area (Å²) in [5.74, 6) is 2.84. The van der Waals surface area contributed by atoms with Crippen LogP contribution >= 0.6 is 23.1 Å². The van der Waals surface area contributed by atoms with Crippen LogP contribution in [0.2, 0.25) is 0 Å². The summed E-state index contributed by atoms with van der Waals surface area (Å²) in [5.41, 5.74) is 0.385. The van der Waals surface area contributed by atoms with Crippen molar-refractivity contribution in [3.8, 4) is 0 Å². The van der Waals surface area contributed by atoms with E-state index >= 15 is 0 Å². The average molecular weight is 258 g/mol. The van der Waals surface area contributed by atoms with Gasteiger partial charge in [0.05, 0.1) is 7.11 Å². The number of carbonyl (C=O) groups is 1. The van der Waals surface area contributed by atoms with Gasteiger partial charge >= 0.3 is 5.97 Å². The molecule has 1 unspecified atom stereocenters. The number of rotatable bonds is 4. The van der Waals surface area contributed by atoms with Gasteiger partial charge in [-0.25, -0.2) is 9.78 Å². The monoisotopic (exact) mass is 258 g/mol. The fraction of sp³-hybridized carbons (Fsp3) is 0.600. The highest BCUT2D eigenvalue weighted by molar-refractivity contribution is 7.99. The third-order valence-electron chi connectivity index (χ3n) is 2.46. The molecule has 1 aromatic heterocycles. The Morgan fingerprint density at radius 3 is 3.31 bits per heavy atom. The van der Waals surface area contributed by atoms with Crippen molar-refractivity contribution >= 4 is 34.2 Å². The van der Waals surface area contributed by atoms with Crippen LogP contribution < -0.4 is 5.32 Å². The number of thioether (sulfide) groups is 1. The van der Waals surface area contributed by atoms with Gasteiger partial charge in [0.25, 0.3) is 0 Å². The van der Waals surface area contributed by atoms with Gasteiger partial charge in [-0.05, 0) is 23.8 Å². The van der Waals surface area contributed by atoms with E-state index in [0.717, 1.165) is 17.6 Å². The van der Waals surface area contributed by atoms with Crippen molar-refractivity contribution in [3.05, 3.63) is 11.1 Å². The molecule has 0 saturated carbocycles. The molecule has 2 rings (SSSR count). The highest BCUT2D eigenvalue weighted by Gasteiger charge is 2.16. The molecule has 1 fully saturated rings. The number of aromatic nitrogens is 1. The number of esters is 1. The number of ether oxygens (including phenoxy) is 1. The van der Waals surface area contributed by atoms with Crippen molar-refractivity contribution in [2.24, 2.45) is 5.92 Å². The third-order valence-corrected chi connectivity index (χ3v) is 4.50. The fourth-order valence-electron chi connectivity index (χ4n) is 1.53. The van der Waals surface area contributed by atoms with E-state index in [0.29, 0.717) is 5.69 Å². The predicted molar refractivity (Wildman–Crippen MR) is 67.4 cm³/mol. The molecule has 0 spiro atoms. The molecule has 1 N–H and O–H groups in total. The second kappa shape index (κ2) is 5.54. The first-order valence-electron chi connectivity index (χ1n) is 5.15. The Morgan fingerprint density at radius 2 is 2.62 bits per heavy atom. The lowest BCUT2D eigenvalue weighted by Gasteiger charge is -2.07. The lowest BCUT2D eigenvalue weighted by Crippen LogP contribution is -2.13. The van der Waals surface area contributed by atoms with Crippen LogP contribution in [0.15, 0.2) is 5.38 Å². The molecule has 1 aromatic rings. The largest absolute Gasteiger partial charge is 0.464 e. The molecule has 88 valence electrons. The molecule has 1 aliphatic heterocycles. The second-order valence-corrected chi connectivity index (χ2v) is 5.65. The third kappa shape index (κ3) is 2.89. The summed E-state index contributed by atoms with van der Waals surface area (Å²) in [7, 11) is 1.37. The Kier molecular flexibility index (Phi) is 4.06. The van der Waals surface area contributed by atoms with Gasteiger partial charge in [-0.3, -0.25) is 0 Å². The van der Waals surface area contributed by atoms with Gasteiger partial charge in [-0.2, -0.15) is 11.8 Å². The van der Waals surface area contributed by atoms with Crippen LogP contribution in [-0.4, -0.2) is 36.1 Å². The normalized spacial score (nSPS) is 19.7. The summed E-state index contributed by atoms with van der Waals surface area (Å²) in [5, 5.41) is 5.80. The Hall–Kier alpha value is -0.750. The zero-order chi connectivity index (χ0) is 11.4. The van der Waals surface area contributed by atoms with Crippen molar-refractivity contribution in [2.75, 3.05) is 30.5 Å². The van der Waals surface area contributed by atoms with Gasteiger partial charge in [0.1, 0.15) is 0 Å². The summed E-state index contributed by atoms with van der Waals surface area (Å²) in [4.78, 5) is 15.3. The SMILES string of the molecule is COC(=O)c1csc(NCC2CCSC2)n1. The van der Waals surface area contributed by atoms with Gasteiger partial charge in [0, 0.05) is 11.9 Å². The summed E-state index contributed by atoms with van der Waals surface area (Å²) in [6.45, 7) is 0.946. The summed E-state index contributed by atoms with van der Waals surface area (Å²) in [6.07, 6.45) is 1.27. The molecule has 4 nitrogen and oxygen atoms in total. The van der Waals surface area contributed by atoms with Crippen LogP contribution in [0.5, 0.6) is 0 Å². The maximum Gasteiger partial charge on any atom is 0.357 e. The molecule has 1 atom stereocenters. The fourth-order valence-corrected chi connectivity index (χ4v) is 3.50. The van der Waals surface area contributed by atoms with Gasteiger partial charge in [0.15, 0.2) is 10.8 Å². The molecule has 0 radical (unpaired) electrons. The molecule has 1 saturated heterocycles. The molecular formula is C10H14N2O2S2. The number of hydrogen-bond donors (Lipinski definition) is 1. The average Bonchev–Trinajstić information content (AvgIpc) is 2.96. The smallest absolute Gasteiger partial charge is 0.357 e. The van der Waals surface area contributed by atoms with E-state index in [1.54, 1.807) is 5.38 Å². The number of anilines is 1. The van der Waals surface area contributed by atoms with Gasteiger partial charge in [0.2, 0.25) is 0 Å². The number of methoxy groups -OCH3 is 1. The van der Waals surface area contributed by atoms with Crippen LogP contribution in [0, 0.1) is 5.92 Å². The van der Waals surface area contributed by atoms with Crippen LogP contribution in [-0.2, 0) is 4.74 Å². The summed E-state index contributed by atoms with van der Waals surface area (Å²) in [6, 6.07) is 0. The van der Waals surface area contributed by atoms with Crippen molar-refractivity contribution in [3.63, 3.8) is 0 Å². The Labute approximate surface area is 103 Å². The van der Waals surface area contributed by atoms with E-state index in [4.69, 9.17) is 0 Å². The highest BCUT2D eigenvalue weighted by Crippen LogP contribution is 2.24. The maximum absolute atomic E-state index is 11.2. The molecule has 0 amide bonds. The molecule has 0 aromatic carbocycles. The zero-order valence-corrected chi connectivity index (χ0v) is 10.7. The number of thiazole rings is 1. The predicted octanol–water partition coefficient (Wildman–Crippen LogP) is 2.09. The first-order valence-corrected chi connectivity index (χ1v) is 7.18. The minimum atomic E-state index is -0.374. The summed E-state index contributed by atoms with van der Waals surface area (Å²) < 4.78 is 4.60. The minimum Gasteiger partial charge on any atom is -0.464 e. The molecule has 1 aliphatic rings. The standard InChI is InChI=1S/C10H14N2O2S2/c1-14-9(13)8-6-16-10(12-8)11-4-7-2-3-15-5-7/h6-7H,2-5H2,1H3,(H,11,12). The van der Waals surface area contributed by atoms with Crippen LogP contribution in [0.25, 0.3) is 0 Å². The number of hydrogen-bond acceptors (Lipinski definition) is 6. The first-order chi connectivity index (χ1) is 7.79. The Bertz CT molecular complexity index is 361. The lowest BCUT2D eigenvalue weighted by atomic mass is 10.1. The van der Waals surface area contributed by atoms with Gasteiger partial charge in [-0.15, -0.1) is 11.3 Å². The van der Waals surface area contributed by atoms with Gasteiger partial charge < -0.3 is 10.1 Å². The number of nitrogens with one attached hydrogen (secondary N) is 1. The topological polar surface area (TPSA) is 51.2 Å². The van der Waals surface area contributed by atoms with Gasteiger partial charge in [-0.1, -0.05) is 0 Å². The van der Waals surface area contributed by atoms with E-state index in [-0.39, 0.29) is 5.97 Å². The summed E-state index contributed by atoms with van der Waals surface area (Å²) >= 11 is 3.45. The van der Waals surface area contributed by atoms with Crippen molar-refractivity contribution in [2.45, 2.75) is 6.42 Å². The highest BCUT2D eigenvalue weighted by atomic mass is 32.2. The Balaban J connectivity index is 1.85. The molecule has 2 heterocycles. The van der Waals surface area contributed by atoms with E-state index < -0.39 is 0 Å². The second-order valence-electron chi connectivity index (χ2n) is 3.64. The Morgan fingerprint density at radius 1 is 1.75 bits per heavy atom. The molecule has 6 heteroatoms. The lowest BCUT2D eigenvalue weighted by molar-refractivity contribution is 0.0595.